The van der Waals surface area contributed by atoms with Crippen molar-refractivity contribution in [2.45, 2.75) is 30.2 Å². The topological polar surface area (TPSA) is 63.2 Å². The molecule has 19 heavy (non-hydrogen) atoms. The van der Waals surface area contributed by atoms with Gasteiger partial charge >= 0.3 is 0 Å². The predicted molar refractivity (Wildman–Crippen MR) is 70.9 cm³/mol. The summed E-state index contributed by atoms with van der Waals surface area (Å²) >= 11 is 0. The molecule has 1 aromatic carbocycles. The van der Waals surface area contributed by atoms with Crippen LogP contribution in [0.4, 0.5) is 0 Å². The van der Waals surface area contributed by atoms with E-state index in [0.29, 0.717) is 11.8 Å². The first-order valence-corrected chi connectivity index (χ1v) is 8.13. The molecule has 4 nitrogen and oxygen atoms in total. The third-order valence-corrected chi connectivity index (χ3v) is 5.96. The van der Waals surface area contributed by atoms with Crippen LogP contribution in [0.1, 0.15) is 19.3 Å². The molecular formula is C14H17NO3S. The first-order valence-electron chi connectivity index (χ1n) is 6.64. The zero-order valence-electron chi connectivity index (χ0n) is 10.5. The SMILES string of the molecule is O=CC1C2CCC(C2)C1NS(=O)(=O)c1ccccc1. The quantitative estimate of drug-likeness (QED) is 0.851. The van der Waals surface area contributed by atoms with Crippen LogP contribution in [0.2, 0.25) is 0 Å². The van der Waals surface area contributed by atoms with Gasteiger partial charge in [-0.25, -0.2) is 13.1 Å². The highest BCUT2D eigenvalue weighted by Crippen LogP contribution is 2.48. The summed E-state index contributed by atoms with van der Waals surface area (Å²) < 4.78 is 27.3. The minimum atomic E-state index is -3.52. The number of nitrogens with one attached hydrogen (secondary N) is 1. The van der Waals surface area contributed by atoms with Gasteiger partial charge in [-0.1, -0.05) is 18.2 Å². The molecule has 5 heteroatoms. The van der Waals surface area contributed by atoms with Crippen molar-refractivity contribution in [2.24, 2.45) is 17.8 Å². The molecule has 2 fully saturated rings. The van der Waals surface area contributed by atoms with Crippen LogP contribution in [0.3, 0.4) is 0 Å². The van der Waals surface area contributed by atoms with Gasteiger partial charge in [-0.2, -0.15) is 0 Å². The minimum absolute atomic E-state index is 0.155. The van der Waals surface area contributed by atoms with Crippen molar-refractivity contribution in [1.29, 1.82) is 0 Å². The van der Waals surface area contributed by atoms with Gasteiger partial charge in [-0.05, 0) is 43.2 Å². The maximum atomic E-state index is 12.3. The zero-order chi connectivity index (χ0) is 13.5. The van der Waals surface area contributed by atoms with E-state index in [0.717, 1.165) is 25.5 Å². The van der Waals surface area contributed by atoms with Crippen LogP contribution in [-0.2, 0) is 14.8 Å². The van der Waals surface area contributed by atoms with Crippen molar-refractivity contribution < 1.29 is 13.2 Å². The first-order chi connectivity index (χ1) is 9.12. The van der Waals surface area contributed by atoms with E-state index in [1.54, 1.807) is 30.3 Å². The van der Waals surface area contributed by atoms with E-state index in [4.69, 9.17) is 0 Å². The average molecular weight is 279 g/mol. The van der Waals surface area contributed by atoms with E-state index in [-0.39, 0.29) is 16.9 Å². The third kappa shape index (κ3) is 2.21. The van der Waals surface area contributed by atoms with Gasteiger partial charge in [0.2, 0.25) is 10.0 Å². The van der Waals surface area contributed by atoms with Crippen LogP contribution in [0, 0.1) is 17.8 Å². The van der Waals surface area contributed by atoms with E-state index in [9.17, 15) is 13.2 Å². The Labute approximate surface area is 113 Å². The van der Waals surface area contributed by atoms with Crippen molar-refractivity contribution >= 4 is 16.3 Å². The van der Waals surface area contributed by atoms with Gasteiger partial charge in [-0.3, -0.25) is 0 Å². The average Bonchev–Trinajstić information content (AvgIpc) is 3.00. The highest BCUT2D eigenvalue weighted by Gasteiger charge is 2.48. The lowest BCUT2D eigenvalue weighted by Crippen LogP contribution is -2.44. The summed E-state index contributed by atoms with van der Waals surface area (Å²) in [5, 5.41) is 0. The zero-order valence-corrected chi connectivity index (χ0v) is 11.3. The van der Waals surface area contributed by atoms with Crippen LogP contribution in [0.25, 0.3) is 0 Å². The van der Waals surface area contributed by atoms with Crippen molar-refractivity contribution in [3.8, 4) is 0 Å². The molecule has 0 radical (unpaired) electrons. The van der Waals surface area contributed by atoms with Gasteiger partial charge < -0.3 is 4.79 Å². The van der Waals surface area contributed by atoms with E-state index < -0.39 is 10.0 Å². The molecule has 102 valence electrons. The maximum absolute atomic E-state index is 12.3. The van der Waals surface area contributed by atoms with Crippen LogP contribution >= 0.6 is 0 Å². The number of carbonyl (C=O) groups is 1. The van der Waals surface area contributed by atoms with Gasteiger partial charge in [0.25, 0.3) is 0 Å². The highest BCUT2D eigenvalue weighted by atomic mass is 32.2. The number of benzene rings is 1. The normalized spacial score (nSPS) is 33.5. The number of carbonyl (C=O) groups excluding carboxylic acids is 1. The molecule has 2 aliphatic rings. The van der Waals surface area contributed by atoms with Gasteiger partial charge in [-0.15, -0.1) is 0 Å². The summed E-state index contributed by atoms with van der Waals surface area (Å²) in [4.78, 5) is 11.5. The van der Waals surface area contributed by atoms with Crippen LogP contribution in [-0.4, -0.2) is 20.7 Å². The summed E-state index contributed by atoms with van der Waals surface area (Å²) in [5.41, 5.74) is 0. The fourth-order valence-electron chi connectivity index (χ4n) is 3.55. The Balaban J connectivity index is 1.83. The van der Waals surface area contributed by atoms with Crippen molar-refractivity contribution in [3.05, 3.63) is 30.3 Å². The molecule has 0 amide bonds. The molecule has 0 heterocycles. The summed E-state index contributed by atoms with van der Waals surface area (Å²) in [6.45, 7) is 0. The van der Waals surface area contributed by atoms with E-state index in [1.165, 1.54) is 0 Å². The molecule has 0 aliphatic heterocycles. The van der Waals surface area contributed by atoms with E-state index >= 15 is 0 Å². The molecule has 2 aliphatic carbocycles. The van der Waals surface area contributed by atoms with Crippen molar-refractivity contribution in [2.75, 3.05) is 0 Å². The maximum Gasteiger partial charge on any atom is 0.240 e. The highest BCUT2D eigenvalue weighted by molar-refractivity contribution is 7.89. The van der Waals surface area contributed by atoms with Crippen LogP contribution in [0.15, 0.2) is 35.2 Å². The second-order valence-electron chi connectivity index (χ2n) is 5.51. The number of hydrogen-bond acceptors (Lipinski definition) is 3. The van der Waals surface area contributed by atoms with Gasteiger partial charge in [0.1, 0.15) is 6.29 Å². The fourth-order valence-corrected chi connectivity index (χ4v) is 4.91. The standard InChI is InChI=1S/C14H17NO3S/c16-9-13-10-6-7-11(8-10)14(13)15-19(17,18)12-4-2-1-3-5-12/h1-5,9-11,13-15H,6-8H2. The Morgan fingerprint density at radius 2 is 1.79 bits per heavy atom. The number of aldehydes is 1. The molecule has 1 N–H and O–H groups in total. The summed E-state index contributed by atoms with van der Waals surface area (Å²) in [6.07, 6.45) is 3.99. The van der Waals surface area contributed by atoms with Crippen molar-refractivity contribution in [1.82, 2.24) is 4.72 Å². The molecule has 1 aromatic rings. The molecule has 4 unspecified atom stereocenters. The fraction of sp³-hybridized carbons (Fsp3) is 0.500. The molecule has 3 rings (SSSR count). The molecule has 2 saturated carbocycles. The smallest absolute Gasteiger partial charge is 0.240 e. The molecule has 2 bridgehead atoms. The lowest BCUT2D eigenvalue weighted by Gasteiger charge is -2.27. The predicted octanol–water partition coefficient (Wildman–Crippen LogP) is 1.58. The number of rotatable bonds is 4. The Morgan fingerprint density at radius 1 is 1.11 bits per heavy atom. The minimum Gasteiger partial charge on any atom is -0.303 e. The summed E-state index contributed by atoms with van der Waals surface area (Å²) in [5.74, 6) is 0.530. The van der Waals surface area contributed by atoms with E-state index in [2.05, 4.69) is 4.72 Å². The van der Waals surface area contributed by atoms with Gasteiger partial charge in [0.15, 0.2) is 0 Å². The largest absolute Gasteiger partial charge is 0.303 e. The second kappa shape index (κ2) is 4.72. The Bertz CT molecular complexity index is 570. The molecule has 0 saturated heterocycles. The Hall–Kier alpha value is -1.20. The number of sulfonamides is 1. The number of hydrogen-bond donors (Lipinski definition) is 1. The molecule has 0 spiro atoms. The Morgan fingerprint density at radius 3 is 2.47 bits per heavy atom. The second-order valence-corrected chi connectivity index (χ2v) is 7.22. The summed E-state index contributed by atoms with van der Waals surface area (Å²) in [7, 11) is -3.52. The monoisotopic (exact) mass is 279 g/mol. The van der Waals surface area contributed by atoms with Gasteiger partial charge in [0.05, 0.1) is 4.90 Å². The van der Waals surface area contributed by atoms with Crippen LogP contribution in [0.5, 0.6) is 0 Å². The van der Waals surface area contributed by atoms with Crippen LogP contribution < -0.4 is 4.72 Å². The molecule has 4 atom stereocenters. The first kappa shape index (κ1) is 12.8. The van der Waals surface area contributed by atoms with Gasteiger partial charge in [0, 0.05) is 12.0 Å². The Kier molecular flexibility index (Phi) is 3.19. The van der Waals surface area contributed by atoms with Crippen molar-refractivity contribution in [3.63, 3.8) is 0 Å². The number of fused-ring (bicyclic) bond motifs is 2. The lowest BCUT2D eigenvalue weighted by molar-refractivity contribution is -0.112. The van der Waals surface area contributed by atoms with E-state index in [1.807, 2.05) is 0 Å². The lowest BCUT2D eigenvalue weighted by atomic mass is 9.86. The molecular weight excluding hydrogens is 262 g/mol. The summed E-state index contributed by atoms with van der Waals surface area (Å²) in [6, 6.07) is 8.11. The third-order valence-electron chi connectivity index (χ3n) is 4.48. The molecule has 0 aromatic heterocycles.